The van der Waals surface area contributed by atoms with Crippen LogP contribution in [0.3, 0.4) is 0 Å². The number of rotatable bonds is 4. The first kappa shape index (κ1) is 16.9. The summed E-state index contributed by atoms with van der Waals surface area (Å²) < 4.78 is 50.2. The van der Waals surface area contributed by atoms with E-state index in [4.69, 9.17) is 23.2 Å². The van der Waals surface area contributed by atoms with Crippen LogP contribution in [-0.4, -0.2) is 8.42 Å². The zero-order valence-electron chi connectivity index (χ0n) is 11.1. The molecule has 0 spiro atoms. The summed E-state index contributed by atoms with van der Waals surface area (Å²) in [5.74, 6) is -1.91. The fraction of sp³-hybridized carbons (Fsp3) is 0.0667. The van der Waals surface area contributed by atoms with Crippen LogP contribution >= 0.6 is 23.2 Å². The second kappa shape index (κ2) is 6.77. The molecule has 0 saturated heterocycles. The standard InChI is InChI=1S/C15H10Cl2F2O2S/c16-12-3-1-11(14(17)7-12)9-22(20,21)6-5-10-2-4-13(18)8-15(10)19/h1-8H,9H2/b6-5-. The van der Waals surface area contributed by atoms with Crippen LogP contribution in [-0.2, 0) is 15.6 Å². The average molecular weight is 363 g/mol. The van der Waals surface area contributed by atoms with Crippen LogP contribution < -0.4 is 0 Å². The Kier molecular flexibility index (Phi) is 5.21. The maximum absolute atomic E-state index is 13.4. The molecule has 0 atom stereocenters. The van der Waals surface area contributed by atoms with Crippen LogP contribution in [0.2, 0.25) is 10.0 Å². The molecule has 0 aliphatic heterocycles. The highest BCUT2D eigenvalue weighted by atomic mass is 35.5. The summed E-state index contributed by atoms with van der Waals surface area (Å²) in [6.45, 7) is 0. The minimum Gasteiger partial charge on any atom is -0.224 e. The largest absolute Gasteiger partial charge is 0.224 e. The first-order valence-electron chi connectivity index (χ1n) is 6.07. The minimum absolute atomic E-state index is 0.0211. The SMILES string of the molecule is O=S(=O)(/C=C\c1ccc(F)cc1F)Cc1ccc(Cl)cc1Cl. The summed E-state index contributed by atoms with van der Waals surface area (Å²) >= 11 is 11.7. The van der Waals surface area contributed by atoms with Crippen molar-refractivity contribution in [3.63, 3.8) is 0 Å². The molecule has 2 rings (SSSR count). The number of hydrogen-bond donors (Lipinski definition) is 0. The van der Waals surface area contributed by atoms with Crippen molar-refractivity contribution >= 4 is 39.1 Å². The lowest BCUT2D eigenvalue weighted by Gasteiger charge is -2.04. The third kappa shape index (κ3) is 4.53. The molecule has 0 fully saturated rings. The Morgan fingerprint density at radius 2 is 1.77 bits per heavy atom. The molecule has 0 aromatic heterocycles. The Morgan fingerprint density at radius 3 is 2.41 bits per heavy atom. The van der Waals surface area contributed by atoms with Gasteiger partial charge in [0.2, 0.25) is 0 Å². The molecule has 0 aliphatic carbocycles. The molecule has 0 aliphatic rings. The minimum atomic E-state index is -3.66. The Labute approximate surface area is 136 Å². The zero-order valence-corrected chi connectivity index (χ0v) is 13.4. The van der Waals surface area contributed by atoms with Gasteiger partial charge < -0.3 is 0 Å². The van der Waals surface area contributed by atoms with Crippen LogP contribution in [0, 0.1) is 11.6 Å². The second-order valence-corrected chi connectivity index (χ2v) is 7.24. The van der Waals surface area contributed by atoms with E-state index < -0.39 is 21.5 Å². The maximum atomic E-state index is 13.4. The van der Waals surface area contributed by atoms with Crippen LogP contribution in [0.4, 0.5) is 8.78 Å². The third-order valence-corrected chi connectivity index (χ3v) is 4.64. The first-order chi connectivity index (χ1) is 10.3. The van der Waals surface area contributed by atoms with Crippen molar-refractivity contribution in [2.45, 2.75) is 5.75 Å². The van der Waals surface area contributed by atoms with Crippen molar-refractivity contribution in [1.29, 1.82) is 0 Å². The van der Waals surface area contributed by atoms with Crippen molar-refractivity contribution in [2.75, 3.05) is 0 Å². The Balaban J connectivity index is 2.22. The molecule has 2 aromatic carbocycles. The normalized spacial score (nSPS) is 12.0. The molecule has 22 heavy (non-hydrogen) atoms. The highest BCUT2D eigenvalue weighted by molar-refractivity contribution is 7.93. The number of sulfone groups is 1. The van der Waals surface area contributed by atoms with E-state index in [1.54, 1.807) is 0 Å². The van der Waals surface area contributed by atoms with Gasteiger partial charge in [-0.2, -0.15) is 0 Å². The average Bonchev–Trinajstić information content (AvgIpc) is 2.41. The molecule has 0 heterocycles. The molecule has 116 valence electrons. The van der Waals surface area contributed by atoms with Gasteiger partial charge in [0.1, 0.15) is 11.6 Å². The van der Waals surface area contributed by atoms with Gasteiger partial charge in [0.25, 0.3) is 0 Å². The van der Waals surface area contributed by atoms with Crippen LogP contribution in [0.25, 0.3) is 6.08 Å². The number of halogens is 4. The van der Waals surface area contributed by atoms with Crippen molar-refractivity contribution in [3.05, 3.63) is 74.6 Å². The van der Waals surface area contributed by atoms with E-state index >= 15 is 0 Å². The van der Waals surface area contributed by atoms with E-state index in [1.165, 1.54) is 18.2 Å². The van der Waals surface area contributed by atoms with Crippen molar-refractivity contribution in [3.8, 4) is 0 Å². The fourth-order valence-corrected chi connectivity index (χ4v) is 3.41. The lowest BCUT2D eigenvalue weighted by Crippen LogP contribution is -2.00. The molecule has 0 amide bonds. The predicted octanol–water partition coefficient (Wildman–Crippen LogP) is 4.86. The highest BCUT2D eigenvalue weighted by Gasteiger charge is 2.12. The van der Waals surface area contributed by atoms with Gasteiger partial charge in [-0.15, -0.1) is 0 Å². The van der Waals surface area contributed by atoms with E-state index in [1.807, 2.05) is 0 Å². The van der Waals surface area contributed by atoms with Gasteiger partial charge in [-0.3, -0.25) is 0 Å². The molecule has 0 unspecified atom stereocenters. The zero-order chi connectivity index (χ0) is 16.3. The van der Waals surface area contributed by atoms with E-state index in [9.17, 15) is 17.2 Å². The van der Waals surface area contributed by atoms with Gasteiger partial charge in [-0.1, -0.05) is 29.3 Å². The topological polar surface area (TPSA) is 34.1 Å². The van der Waals surface area contributed by atoms with Crippen LogP contribution in [0.5, 0.6) is 0 Å². The smallest absolute Gasteiger partial charge is 0.175 e. The summed E-state index contributed by atoms with van der Waals surface area (Å²) in [7, 11) is -3.66. The van der Waals surface area contributed by atoms with Crippen LogP contribution in [0.1, 0.15) is 11.1 Å². The molecule has 0 bridgehead atoms. The maximum Gasteiger partial charge on any atom is 0.175 e. The summed E-state index contributed by atoms with van der Waals surface area (Å²) in [6, 6.07) is 7.37. The molecule has 0 N–H and O–H groups in total. The van der Waals surface area contributed by atoms with E-state index in [-0.39, 0.29) is 16.3 Å². The molecular weight excluding hydrogens is 353 g/mol. The van der Waals surface area contributed by atoms with Crippen molar-refractivity contribution in [2.24, 2.45) is 0 Å². The van der Waals surface area contributed by atoms with Crippen LogP contribution in [0.15, 0.2) is 41.8 Å². The van der Waals surface area contributed by atoms with E-state index in [2.05, 4.69) is 0 Å². The highest BCUT2D eigenvalue weighted by Crippen LogP contribution is 2.23. The first-order valence-corrected chi connectivity index (χ1v) is 8.54. The second-order valence-electron chi connectivity index (χ2n) is 4.51. The Bertz CT molecular complexity index is 833. The molecular formula is C15H10Cl2F2O2S. The van der Waals surface area contributed by atoms with Gasteiger partial charge in [-0.25, -0.2) is 17.2 Å². The molecule has 2 nitrogen and oxygen atoms in total. The fourth-order valence-electron chi connectivity index (χ4n) is 1.72. The quantitative estimate of drug-likeness (QED) is 0.778. The summed E-state index contributed by atoms with van der Waals surface area (Å²) in [5, 5.41) is 1.50. The Hall–Kier alpha value is -1.43. The summed E-state index contributed by atoms with van der Waals surface area (Å²) in [5.41, 5.74) is 0.363. The number of hydrogen-bond acceptors (Lipinski definition) is 2. The van der Waals surface area contributed by atoms with Crippen molar-refractivity contribution in [1.82, 2.24) is 0 Å². The van der Waals surface area contributed by atoms with E-state index in [0.717, 1.165) is 23.6 Å². The number of benzene rings is 2. The lowest BCUT2D eigenvalue weighted by atomic mass is 10.2. The molecule has 0 radical (unpaired) electrons. The van der Waals surface area contributed by atoms with Gasteiger partial charge in [0, 0.05) is 27.1 Å². The van der Waals surface area contributed by atoms with Gasteiger partial charge in [0.05, 0.1) is 5.75 Å². The molecule has 0 saturated carbocycles. The monoisotopic (exact) mass is 362 g/mol. The molecule has 2 aromatic rings. The predicted molar refractivity (Wildman–Crippen MR) is 84.5 cm³/mol. The summed E-state index contributed by atoms with van der Waals surface area (Å²) in [6.07, 6.45) is 1.08. The summed E-state index contributed by atoms with van der Waals surface area (Å²) in [4.78, 5) is 0. The van der Waals surface area contributed by atoms with Gasteiger partial charge >= 0.3 is 0 Å². The molecule has 7 heteroatoms. The van der Waals surface area contributed by atoms with E-state index in [0.29, 0.717) is 16.7 Å². The van der Waals surface area contributed by atoms with Gasteiger partial charge in [-0.05, 0) is 35.9 Å². The Morgan fingerprint density at radius 1 is 1.05 bits per heavy atom. The lowest BCUT2D eigenvalue weighted by molar-refractivity contribution is 0.581. The third-order valence-electron chi connectivity index (χ3n) is 2.79. The van der Waals surface area contributed by atoms with Crippen molar-refractivity contribution < 1.29 is 17.2 Å². The van der Waals surface area contributed by atoms with Gasteiger partial charge in [0.15, 0.2) is 9.84 Å².